The normalized spacial score (nSPS) is 12.5. The van der Waals surface area contributed by atoms with E-state index in [0.717, 1.165) is 28.9 Å². The van der Waals surface area contributed by atoms with Gasteiger partial charge in [-0.1, -0.05) is 12.1 Å². The molecule has 0 spiro atoms. The number of pyridine rings is 1. The van der Waals surface area contributed by atoms with Crippen LogP contribution in [0, 0.1) is 13.8 Å². The molecule has 0 aliphatic carbocycles. The Bertz CT molecular complexity index is 1360. The number of rotatable bonds is 2. The summed E-state index contributed by atoms with van der Waals surface area (Å²) in [6.07, 6.45) is -8.13. The first kappa shape index (κ1) is 21.6. The highest BCUT2D eigenvalue weighted by Gasteiger charge is 2.32. The van der Waals surface area contributed by atoms with Crippen LogP contribution in [0.4, 0.5) is 26.3 Å². The molecule has 0 atom stereocenters. The van der Waals surface area contributed by atoms with Gasteiger partial charge < -0.3 is 0 Å². The molecule has 1 aromatic carbocycles. The van der Waals surface area contributed by atoms with E-state index in [1.54, 1.807) is 6.92 Å². The number of halogens is 6. The van der Waals surface area contributed by atoms with Crippen molar-refractivity contribution in [3.63, 3.8) is 0 Å². The summed E-state index contributed by atoms with van der Waals surface area (Å²) in [5.41, 5.74) is -0.496. The van der Waals surface area contributed by atoms with Crippen LogP contribution in [0.5, 0.6) is 0 Å². The van der Waals surface area contributed by atoms with Crippen molar-refractivity contribution in [2.24, 2.45) is 0 Å². The zero-order valence-electron chi connectivity index (χ0n) is 16.6. The smallest absolute Gasteiger partial charge is 0.293 e. The van der Waals surface area contributed by atoms with Gasteiger partial charge in [0.05, 0.1) is 11.3 Å². The number of nitrogens with one attached hydrogen (secondary N) is 1. The minimum atomic E-state index is -4.61. The maximum atomic E-state index is 12.9. The maximum absolute atomic E-state index is 12.9. The number of aromatic amines is 1. The number of aromatic nitrogens is 4. The van der Waals surface area contributed by atoms with Gasteiger partial charge in [0.15, 0.2) is 5.65 Å². The number of fused-ring (bicyclic) bond motifs is 1. The molecule has 0 amide bonds. The standard InChI is InChI=1S/C21H14F6N4O/c1-10-17(13-5-8-15(28-9-13)21(25,26)27)29-18-16(11(2)30-31(18)19(10)32)12-3-6-14(7-4-12)20(22,23)24/h3-9,30H,1-2H3. The van der Waals surface area contributed by atoms with Crippen molar-refractivity contribution >= 4 is 5.65 Å². The highest BCUT2D eigenvalue weighted by atomic mass is 19.4. The van der Waals surface area contributed by atoms with Crippen molar-refractivity contribution in [3.8, 4) is 22.4 Å². The third-order valence-corrected chi connectivity index (χ3v) is 5.01. The first-order valence-corrected chi connectivity index (χ1v) is 9.21. The molecule has 166 valence electrons. The Morgan fingerprint density at radius 2 is 1.50 bits per heavy atom. The van der Waals surface area contributed by atoms with E-state index in [0.29, 0.717) is 16.8 Å². The summed E-state index contributed by atoms with van der Waals surface area (Å²) in [5, 5.41) is 2.84. The molecule has 3 heterocycles. The topological polar surface area (TPSA) is 63.0 Å². The van der Waals surface area contributed by atoms with Crippen LogP contribution in [-0.2, 0) is 12.4 Å². The van der Waals surface area contributed by atoms with Gasteiger partial charge in [-0.15, -0.1) is 0 Å². The molecule has 4 aromatic rings. The molecule has 4 rings (SSSR count). The molecule has 0 saturated carbocycles. The number of H-pyrrole nitrogens is 1. The van der Waals surface area contributed by atoms with Gasteiger partial charge in [-0.25, -0.2) is 9.50 Å². The second-order valence-electron chi connectivity index (χ2n) is 7.17. The predicted octanol–water partition coefficient (Wildman–Crippen LogP) is 5.41. The van der Waals surface area contributed by atoms with Crippen LogP contribution in [0.15, 0.2) is 47.4 Å². The first-order chi connectivity index (χ1) is 14.9. The SMILES string of the molecule is Cc1[nH]n2c(=O)c(C)c(-c3ccc(C(F)(F)F)nc3)nc2c1-c1ccc(C(F)(F)F)cc1. The van der Waals surface area contributed by atoms with E-state index in [9.17, 15) is 31.1 Å². The van der Waals surface area contributed by atoms with Crippen LogP contribution in [0.2, 0.25) is 0 Å². The zero-order chi connectivity index (χ0) is 23.4. The molecular weight excluding hydrogens is 438 g/mol. The predicted molar refractivity (Wildman–Crippen MR) is 104 cm³/mol. The molecule has 0 unspecified atom stereocenters. The summed E-state index contributed by atoms with van der Waals surface area (Å²) in [4.78, 5) is 20.7. The second kappa shape index (κ2) is 7.21. The molecule has 0 fully saturated rings. The molecule has 32 heavy (non-hydrogen) atoms. The third kappa shape index (κ3) is 3.63. The Morgan fingerprint density at radius 1 is 0.875 bits per heavy atom. The van der Waals surface area contributed by atoms with E-state index in [1.165, 1.54) is 25.1 Å². The molecule has 0 aliphatic heterocycles. The average molecular weight is 452 g/mol. The Kier molecular flexibility index (Phi) is 4.87. The summed E-state index contributed by atoms with van der Waals surface area (Å²) in [5.74, 6) is 0. The van der Waals surface area contributed by atoms with E-state index in [1.807, 2.05) is 0 Å². The molecule has 0 aliphatic rings. The lowest BCUT2D eigenvalue weighted by Gasteiger charge is -2.09. The van der Waals surface area contributed by atoms with Crippen LogP contribution in [0.25, 0.3) is 28.0 Å². The molecule has 0 saturated heterocycles. The number of hydrogen-bond donors (Lipinski definition) is 1. The average Bonchev–Trinajstić information content (AvgIpc) is 3.05. The highest BCUT2D eigenvalue weighted by molar-refractivity contribution is 5.81. The Morgan fingerprint density at radius 3 is 2.03 bits per heavy atom. The Balaban J connectivity index is 1.90. The zero-order valence-corrected chi connectivity index (χ0v) is 16.6. The number of nitrogens with zero attached hydrogens (tertiary/aromatic N) is 3. The fraction of sp³-hybridized carbons (Fsp3) is 0.190. The van der Waals surface area contributed by atoms with Crippen LogP contribution < -0.4 is 5.56 Å². The summed E-state index contributed by atoms with van der Waals surface area (Å²) in [6.45, 7) is 3.11. The number of benzene rings is 1. The molecule has 0 radical (unpaired) electrons. The second-order valence-corrected chi connectivity index (χ2v) is 7.17. The molecule has 1 N–H and O–H groups in total. The molecular formula is C21H14F6N4O. The van der Waals surface area contributed by atoms with Crippen molar-refractivity contribution in [2.75, 3.05) is 0 Å². The van der Waals surface area contributed by atoms with Crippen LogP contribution in [0.3, 0.4) is 0 Å². The van der Waals surface area contributed by atoms with Gasteiger partial charge in [-0.2, -0.15) is 26.3 Å². The summed E-state index contributed by atoms with van der Waals surface area (Å²) in [7, 11) is 0. The summed E-state index contributed by atoms with van der Waals surface area (Å²) < 4.78 is 78.3. The first-order valence-electron chi connectivity index (χ1n) is 9.21. The quantitative estimate of drug-likeness (QED) is 0.414. The minimum absolute atomic E-state index is 0.128. The van der Waals surface area contributed by atoms with Crippen LogP contribution >= 0.6 is 0 Å². The van der Waals surface area contributed by atoms with Crippen molar-refractivity contribution in [2.45, 2.75) is 26.2 Å². The van der Waals surface area contributed by atoms with Crippen molar-refractivity contribution in [3.05, 3.63) is 75.5 Å². The van der Waals surface area contributed by atoms with Gasteiger partial charge in [-0.05, 0) is 43.7 Å². The lowest BCUT2D eigenvalue weighted by molar-refractivity contribution is -0.141. The molecule has 5 nitrogen and oxygen atoms in total. The highest BCUT2D eigenvalue weighted by Crippen LogP contribution is 2.34. The van der Waals surface area contributed by atoms with E-state index >= 15 is 0 Å². The van der Waals surface area contributed by atoms with E-state index in [-0.39, 0.29) is 22.5 Å². The molecule has 11 heteroatoms. The number of hydrogen-bond acceptors (Lipinski definition) is 3. The van der Waals surface area contributed by atoms with Gasteiger partial charge in [0.2, 0.25) is 0 Å². The van der Waals surface area contributed by atoms with Gasteiger partial charge >= 0.3 is 12.4 Å². The van der Waals surface area contributed by atoms with Gasteiger partial charge in [0, 0.05) is 28.6 Å². The minimum Gasteiger partial charge on any atom is -0.293 e. The summed E-state index contributed by atoms with van der Waals surface area (Å²) >= 11 is 0. The van der Waals surface area contributed by atoms with Gasteiger partial charge in [0.25, 0.3) is 5.56 Å². The fourth-order valence-corrected chi connectivity index (χ4v) is 3.42. The van der Waals surface area contributed by atoms with E-state index in [4.69, 9.17) is 0 Å². The summed E-state index contributed by atoms with van der Waals surface area (Å²) in [6, 6.07) is 6.33. The lowest BCUT2D eigenvalue weighted by atomic mass is 10.0. The number of aryl methyl sites for hydroxylation is 1. The Labute approximate surface area is 176 Å². The van der Waals surface area contributed by atoms with Gasteiger partial charge in [0.1, 0.15) is 5.69 Å². The van der Waals surface area contributed by atoms with Crippen LogP contribution in [-0.4, -0.2) is 19.6 Å². The third-order valence-electron chi connectivity index (χ3n) is 5.01. The Hall–Kier alpha value is -3.63. The van der Waals surface area contributed by atoms with Crippen molar-refractivity contribution in [1.82, 2.24) is 19.6 Å². The largest absolute Gasteiger partial charge is 0.433 e. The van der Waals surface area contributed by atoms with Crippen molar-refractivity contribution in [1.29, 1.82) is 0 Å². The monoisotopic (exact) mass is 452 g/mol. The fourth-order valence-electron chi connectivity index (χ4n) is 3.42. The van der Waals surface area contributed by atoms with E-state index in [2.05, 4.69) is 15.1 Å². The van der Waals surface area contributed by atoms with E-state index < -0.39 is 29.2 Å². The molecule has 3 aromatic heterocycles. The lowest BCUT2D eigenvalue weighted by Crippen LogP contribution is -2.19. The van der Waals surface area contributed by atoms with Gasteiger partial charge in [-0.3, -0.25) is 14.9 Å². The van der Waals surface area contributed by atoms with Crippen molar-refractivity contribution < 1.29 is 26.3 Å². The number of alkyl halides is 6. The molecule has 0 bridgehead atoms. The maximum Gasteiger partial charge on any atom is 0.433 e. The van der Waals surface area contributed by atoms with Crippen LogP contribution in [0.1, 0.15) is 22.5 Å².